The normalized spacial score (nSPS) is 16.2. The number of hydrogen-bond acceptors (Lipinski definition) is 8. The molecule has 11 heteroatoms. The largest absolute Gasteiger partial charge is 0.464 e. The number of benzene rings is 1. The Bertz CT molecular complexity index is 1230. The van der Waals surface area contributed by atoms with Crippen LogP contribution in [0.1, 0.15) is 127 Å². The van der Waals surface area contributed by atoms with Crippen LogP contribution in [-0.2, 0) is 34.5 Å². The molecule has 0 saturated carbocycles. The summed E-state index contributed by atoms with van der Waals surface area (Å²) in [5, 5.41) is 14.7. The van der Waals surface area contributed by atoms with Crippen LogP contribution in [0.3, 0.4) is 0 Å². The van der Waals surface area contributed by atoms with Gasteiger partial charge in [0.15, 0.2) is 22.7 Å². The van der Waals surface area contributed by atoms with E-state index in [0.29, 0.717) is 0 Å². The number of esters is 1. The molecule has 0 radical (unpaired) electrons. The summed E-state index contributed by atoms with van der Waals surface area (Å²) < 4.78 is 31.3. The van der Waals surface area contributed by atoms with Crippen molar-refractivity contribution in [3.05, 3.63) is 48.0 Å². The van der Waals surface area contributed by atoms with Crippen molar-refractivity contribution < 1.29 is 37.8 Å². The van der Waals surface area contributed by atoms with Gasteiger partial charge in [-0.15, -0.1) is 0 Å². The lowest BCUT2D eigenvalue weighted by molar-refractivity contribution is -0.156. The third kappa shape index (κ3) is 18.0. The summed E-state index contributed by atoms with van der Waals surface area (Å²) in [5.74, 6) is -0.789. The standard InChI is InChI=1S/C42H77NO8Si2/c1-16-18-19-23-28-33(50-52(12,13)41(6,7)8)29-24-25-30-34(51-53(14,15)42(9,10)11)37(48-31-32-26-21-20-22-27-32)36(44)35(38(45)47-17-2)43-39(46)49-40(3,4)5/h20-22,25-27,30,33-37,44H,16-19,23-24,28-29,31H2,1-15H3,(H,43,46)/b30-25+/t33-,34+,35+,36-,37-/m1/s1. The molecule has 0 heterocycles. The van der Waals surface area contributed by atoms with Crippen LogP contribution in [0.5, 0.6) is 0 Å². The number of aliphatic hydroxyl groups excluding tert-OH is 1. The van der Waals surface area contributed by atoms with Crippen LogP contribution in [0, 0.1) is 0 Å². The Labute approximate surface area is 325 Å². The highest BCUT2D eigenvalue weighted by Gasteiger charge is 2.45. The lowest BCUT2D eigenvalue weighted by Gasteiger charge is -2.42. The van der Waals surface area contributed by atoms with Crippen LogP contribution in [0.2, 0.25) is 36.3 Å². The molecule has 1 aromatic carbocycles. The molecule has 1 aromatic rings. The lowest BCUT2D eigenvalue weighted by atomic mass is 9.99. The van der Waals surface area contributed by atoms with Crippen molar-refractivity contribution in [2.24, 2.45) is 0 Å². The van der Waals surface area contributed by atoms with Gasteiger partial charge in [0.2, 0.25) is 0 Å². The van der Waals surface area contributed by atoms with E-state index in [2.05, 4.69) is 86.0 Å². The van der Waals surface area contributed by atoms with Crippen molar-refractivity contribution in [2.45, 2.75) is 200 Å². The number of carbonyl (C=O) groups excluding carboxylic acids is 2. The Kier molecular flexibility index (Phi) is 20.2. The number of alkyl carbamates (subject to hydrolysis) is 1. The summed E-state index contributed by atoms with van der Waals surface area (Å²) in [6, 6.07) is 8.17. The van der Waals surface area contributed by atoms with Crippen LogP contribution < -0.4 is 5.32 Å². The summed E-state index contributed by atoms with van der Waals surface area (Å²) >= 11 is 0. The van der Waals surface area contributed by atoms with Crippen molar-refractivity contribution in [3.8, 4) is 0 Å². The molecule has 2 N–H and O–H groups in total. The van der Waals surface area contributed by atoms with Gasteiger partial charge in [0.05, 0.1) is 19.3 Å². The Hall–Kier alpha value is -2.03. The molecule has 1 rings (SSSR count). The first-order valence-corrected chi connectivity index (χ1v) is 25.7. The minimum Gasteiger partial charge on any atom is -0.464 e. The zero-order valence-electron chi connectivity index (χ0n) is 36.1. The van der Waals surface area contributed by atoms with Crippen LogP contribution >= 0.6 is 0 Å². The van der Waals surface area contributed by atoms with Gasteiger partial charge in [-0.1, -0.05) is 117 Å². The van der Waals surface area contributed by atoms with Crippen molar-refractivity contribution >= 4 is 28.7 Å². The first kappa shape index (κ1) is 49.0. The molecular formula is C42H77NO8Si2. The van der Waals surface area contributed by atoms with Crippen molar-refractivity contribution in [1.29, 1.82) is 0 Å². The molecule has 0 aliphatic heterocycles. The van der Waals surface area contributed by atoms with E-state index in [1.54, 1.807) is 27.7 Å². The van der Waals surface area contributed by atoms with Crippen molar-refractivity contribution in [2.75, 3.05) is 6.61 Å². The molecule has 5 atom stereocenters. The third-order valence-electron chi connectivity index (χ3n) is 10.4. The first-order chi connectivity index (χ1) is 24.3. The summed E-state index contributed by atoms with van der Waals surface area (Å²) in [5.41, 5.74) is 0.0670. The van der Waals surface area contributed by atoms with Gasteiger partial charge in [-0.3, -0.25) is 0 Å². The fourth-order valence-electron chi connectivity index (χ4n) is 5.19. The second-order valence-electron chi connectivity index (χ2n) is 18.3. The molecule has 0 bridgehead atoms. The number of allylic oxidation sites excluding steroid dienone is 1. The predicted molar refractivity (Wildman–Crippen MR) is 222 cm³/mol. The topological polar surface area (TPSA) is 113 Å². The number of rotatable bonds is 22. The monoisotopic (exact) mass is 780 g/mol. The molecule has 306 valence electrons. The molecule has 9 nitrogen and oxygen atoms in total. The van der Waals surface area contributed by atoms with Crippen molar-refractivity contribution in [1.82, 2.24) is 5.32 Å². The van der Waals surface area contributed by atoms with E-state index in [-0.39, 0.29) is 29.4 Å². The SMILES string of the molecule is CCCCCC[C@H](CC/C=C/[C@H](O[Si](C)(C)C(C)(C)C)[C@@H](OCc1ccccc1)[C@H](O)[C@H](NC(=O)OC(C)(C)C)C(=O)OCC)O[Si](C)(C)C(C)(C)C. The summed E-state index contributed by atoms with van der Waals surface area (Å²) in [4.78, 5) is 26.4. The zero-order chi connectivity index (χ0) is 40.7. The van der Waals surface area contributed by atoms with Gasteiger partial charge in [-0.25, -0.2) is 9.59 Å². The van der Waals surface area contributed by atoms with Gasteiger partial charge in [-0.2, -0.15) is 0 Å². The highest BCUT2D eigenvalue weighted by atomic mass is 28.4. The predicted octanol–water partition coefficient (Wildman–Crippen LogP) is 10.5. The highest BCUT2D eigenvalue weighted by Crippen LogP contribution is 2.40. The van der Waals surface area contributed by atoms with Crippen LogP contribution in [0.4, 0.5) is 4.79 Å². The van der Waals surface area contributed by atoms with E-state index in [9.17, 15) is 14.7 Å². The van der Waals surface area contributed by atoms with Gasteiger partial charge in [-0.05, 0) is 88.8 Å². The van der Waals surface area contributed by atoms with Crippen molar-refractivity contribution in [3.63, 3.8) is 0 Å². The van der Waals surface area contributed by atoms with E-state index in [0.717, 1.165) is 31.2 Å². The molecule has 0 spiro atoms. The fraction of sp³-hybridized carbons (Fsp3) is 0.762. The van der Waals surface area contributed by atoms with Gasteiger partial charge in [0.25, 0.3) is 0 Å². The number of aliphatic hydroxyl groups is 1. The Morgan fingerprint density at radius 1 is 0.830 bits per heavy atom. The average molecular weight is 780 g/mol. The van der Waals surface area contributed by atoms with Crippen LogP contribution in [0.15, 0.2) is 42.5 Å². The molecule has 0 aromatic heterocycles. The molecule has 0 aliphatic carbocycles. The minimum absolute atomic E-state index is 0.0634. The molecule has 0 aliphatic rings. The van der Waals surface area contributed by atoms with Crippen LogP contribution in [-0.4, -0.2) is 76.5 Å². The molecule has 53 heavy (non-hydrogen) atoms. The Morgan fingerprint density at radius 2 is 1.42 bits per heavy atom. The zero-order valence-corrected chi connectivity index (χ0v) is 38.1. The average Bonchev–Trinajstić information content (AvgIpc) is 3.02. The second kappa shape index (κ2) is 21.9. The van der Waals surface area contributed by atoms with Crippen LogP contribution in [0.25, 0.3) is 0 Å². The number of ether oxygens (including phenoxy) is 3. The third-order valence-corrected chi connectivity index (χ3v) is 19.4. The summed E-state index contributed by atoms with van der Waals surface area (Å²) in [6.45, 7) is 31.5. The first-order valence-electron chi connectivity index (χ1n) is 19.9. The van der Waals surface area contributed by atoms with Gasteiger partial charge < -0.3 is 33.5 Å². The van der Waals surface area contributed by atoms with Gasteiger partial charge in [0, 0.05) is 6.10 Å². The fourth-order valence-corrected chi connectivity index (χ4v) is 7.86. The Balaban J connectivity index is 3.64. The van der Waals surface area contributed by atoms with E-state index in [1.165, 1.54) is 19.3 Å². The minimum atomic E-state index is -2.48. The Morgan fingerprint density at radius 3 is 1.94 bits per heavy atom. The maximum atomic E-state index is 13.4. The molecule has 0 fully saturated rings. The van der Waals surface area contributed by atoms with Gasteiger partial charge >= 0.3 is 12.1 Å². The summed E-state index contributed by atoms with van der Waals surface area (Å²) in [6.07, 6.45) is 7.36. The van der Waals surface area contributed by atoms with E-state index in [1.807, 2.05) is 36.4 Å². The highest BCUT2D eigenvalue weighted by molar-refractivity contribution is 6.74. The van der Waals surface area contributed by atoms with E-state index in [4.69, 9.17) is 23.1 Å². The van der Waals surface area contributed by atoms with Gasteiger partial charge in [0.1, 0.15) is 17.8 Å². The number of carbonyl (C=O) groups is 2. The number of nitrogens with one attached hydrogen (secondary N) is 1. The molecular weight excluding hydrogens is 703 g/mol. The van der Waals surface area contributed by atoms with E-state index < -0.39 is 58.7 Å². The number of amides is 1. The van der Waals surface area contributed by atoms with E-state index >= 15 is 0 Å². The molecule has 0 unspecified atom stereocenters. The second-order valence-corrected chi connectivity index (χ2v) is 27.8. The summed E-state index contributed by atoms with van der Waals surface area (Å²) in [7, 11) is -4.47. The molecule has 0 saturated heterocycles. The smallest absolute Gasteiger partial charge is 0.408 e. The maximum absolute atomic E-state index is 13.4. The number of unbranched alkanes of at least 4 members (excludes halogenated alkanes) is 3. The lowest BCUT2D eigenvalue weighted by Crippen LogP contribution is -2.59. The quantitative estimate of drug-likeness (QED) is 0.0518. The maximum Gasteiger partial charge on any atom is 0.408 e. The number of hydrogen-bond donors (Lipinski definition) is 2. The molecule has 1 amide bonds.